The molecule has 0 atom stereocenters. The maximum Gasteiger partial charge on any atom is 0.336 e. The minimum absolute atomic E-state index is 0.160. The molecule has 0 saturated carbocycles. The molecule has 5 rings (SSSR count). The SMILES string of the molecule is O=C(O)c1ccccc1-c1cn2c3c([nH]c(=O)c2n1)-c1ccccc1C3. The molecule has 0 fully saturated rings. The first-order valence-corrected chi connectivity index (χ1v) is 8.18. The highest BCUT2D eigenvalue weighted by Gasteiger charge is 2.24. The van der Waals surface area contributed by atoms with E-state index in [2.05, 4.69) is 9.97 Å². The van der Waals surface area contributed by atoms with Gasteiger partial charge in [-0.2, -0.15) is 0 Å². The molecule has 0 saturated heterocycles. The van der Waals surface area contributed by atoms with Crippen LogP contribution in [0.2, 0.25) is 0 Å². The molecule has 0 amide bonds. The number of hydrogen-bond donors (Lipinski definition) is 2. The van der Waals surface area contributed by atoms with Gasteiger partial charge < -0.3 is 10.1 Å². The number of nitrogens with one attached hydrogen (secondary N) is 1. The first-order valence-electron chi connectivity index (χ1n) is 8.18. The number of aromatic nitrogens is 3. The second-order valence-electron chi connectivity index (χ2n) is 6.28. The topological polar surface area (TPSA) is 87.5 Å². The lowest BCUT2D eigenvalue weighted by molar-refractivity contribution is 0.0697. The van der Waals surface area contributed by atoms with Gasteiger partial charge in [0.1, 0.15) is 0 Å². The highest BCUT2D eigenvalue weighted by Crippen LogP contribution is 2.35. The van der Waals surface area contributed by atoms with E-state index < -0.39 is 5.97 Å². The predicted octanol–water partition coefficient (Wildman–Crippen LogP) is 2.96. The van der Waals surface area contributed by atoms with E-state index in [0.29, 0.717) is 17.7 Å². The molecule has 2 heterocycles. The molecule has 26 heavy (non-hydrogen) atoms. The van der Waals surface area contributed by atoms with Crippen LogP contribution in [0, 0.1) is 0 Å². The van der Waals surface area contributed by atoms with E-state index in [1.807, 2.05) is 24.3 Å². The first kappa shape index (κ1) is 14.7. The van der Waals surface area contributed by atoms with Crippen LogP contribution in [0.3, 0.4) is 0 Å². The van der Waals surface area contributed by atoms with E-state index in [9.17, 15) is 14.7 Å². The lowest BCUT2D eigenvalue weighted by atomic mass is 10.1. The summed E-state index contributed by atoms with van der Waals surface area (Å²) in [6.07, 6.45) is 2.44. The molecule has 1 aliphatic rings. The normalized spacial score (nSPS) is 12.2. The van der Waals surface area contributed by atoms with Crippen molar-refractivity contribution in [3.8, 4) is 22.5 Å². The Kier molecular flexibility index (Phi) is 2.91. The van der Waals surface area contributed by atoms with Crippen molar-refractivity contribution in [1.82, 2.24) is 14.4 Å². The second kappa shape index (κ2) is 5.16. The molecule has 6 heteroatoms. The Morgan fingerprint density at radius 3 is 2.62 bits per heavy atom. The molecular formula is C20H13N3O3. The molecule has 0 spiro atoms. The van der Waals surface area contributed by atoms with Gasteiger partial charge >= 0.3 is 5.97 Å². The summed E-state index contributed by atoms with van der Waals surface area (Å²) in [5.41, 5.74) is 5.01. The number of rotatable bonds is 2. The van der Waals surface area contributed by atoms with Gasteiger partial charge in [-0.3, -0.25) is 9.20 Å². The summed E-state index contributed by atoms with van der Waals surface area (Å²) in [6, 6.07) is 14.6. The van der Waals surface area contributed by atoms with Gasteiger partial charge in [0.15, 0.2) is 0 Å². The number of fused-ring (bicyclic) bond motifs is 5. The van der Waals surface area contributed by atoms with Crippen LogP contribution in [0.4, 0.5) is 0 Å². The Morgan fingerprint density at radius 1 is 1.08 bits per heavy atom. The maximum absolute atomic E-state index is 12.6. The van der Waals surface area contributed by atoms with Crippen LogP contribution in [0.25, 0.3) is 28.2 Å². The number of aromatic amines is 1. The van der Waals surface area contributed by atoms with Crippen LogP contribution in [0.1, 0.15) is 21.6 Å². The van der Waals surface area contributed by atoms with Gasteiger partial charge in [-0.1, -0.05) is 42.5 Å². The third-order valence-corrected chi connectivity index (χ3v) is 4.80. The Balaban J connectivity index is 1.79. The van der Waals surface area contributed by atoms with E-state index in [-0.39, 0.29) is 16.8 Å². The average molecular weight is 343 g/mol. The van der Waals surface area contributed by atoms with E-state index in [4.69, 9.17) is 0 Å². The van der Waals surface area contributed by atoms with Crippen molar-refractivity contribution < 1.29 is 9.90 Å². The maximum atomic E-state index is 12.6. The summed E-state index contributed by atoms with van der Waals surface area (Å²) in [4.78, 5) is 31.4. The summed E-state index contributed by atoms with van der Waals surface area (Å²) in [6.45, 7) is 0. The summed E-state index contributed by atoms with van der Waals surface area (Å²) in [5, 5.41) is 9.43. The highest BCUT2D eigenvalue weighted by molar-refractivity contribution is 5.95. The number of carboxylic acid groups (broad SMARTS) is 1. The Morgan fingerprint density at radius 2 is 1.81 bits per heavy atom. The second-order valence-corrected chi connectivity index (χ2v) is 6.28. The Bertz CT molecular complexity index is 1270. The fourth-order valence-electron chi connectivity index (χ4n) is 3.63. The number of imidazole rings is 1. The molecule has 6 nitrogen and oxygen atoms in total. The molecule has 0 radical (unpaired) electrons. The van der Waals surface area contributed by atoms with Gasteiger partial charge in [-0.25, -0.2) is 9.78 Å². The fraction of sp³-hybridized carbons (Fsp3) is 0.0500. The Hall–Kier alpha value is -3.67. The van der Waals surface area contributed by atoms with Gasteiger partial charge in [-0.05, 0) is 11.6 Å². The number of hydrogen-bond acceptors (Lipinski definition) is 3. The molecule has 0 aliphatic heterocycles. The molecule has 126 valence electrons. The summed E-state index contributed by atoms with van der Waals surface area (Å²) >= 11 is 0. The standard InChI is InChI=1S/C20H13N3O3/c24-19-18-21-15(13-7-3-4-8-14(13)20(25)26)10-23(18)16-9-11-5-1-2-6-12(11)17(16)22-19/h1-8,10H,9H2,(H,22,24)(H,25,26). The van der Waals surface area contributed by atoms with E-state index >= 15 is 0 Å². The van der Waals surface area contributed by atoms with Crippen LogP contribution in [-0.4, -0.2) is 25.4 Å². The van der Waals surface area contributed by atoms with Gasteiger partial charge in [0.25, 0.3) is 5.56 Å². The average Bonchev–Trinajstić information content (AvgIpc) is 3.24. The van der Waals surface area contributed by atoms with Crippen molar-refractivity contribution in [1.29, 1.82) is 0 Å². The number of carboxylic acids is 1. The zero-order chi connectivity index (χ0) is 17.8. The third-order valence-electron chi connectivity index (χ3n) is 4.80. The lowest BCUT2D eigenvalue weighted by Crippen LogP contribution is -2.13. The first-order chi connectivity index (χ1) is 12.6. The number of nitrogens with zero attached hydrogens (tertiary/aromatic N) is 2. The van der Waals surface area contributed by atoms with Crippen molar-refractivity contribution in [2.24, 2.45) is 0 Å². The highest BCUT2D eigenvalue weighted by atomic mass is 16.4. The van der Waals surface area contributed by atoms with E-state index in [1.54, 1.807) is 28.8 Å². The number of benzene rings is 2. The third kappa shape index (κ3) is 1.96. The molecule has 0 bridgehead atoms. The summed E-state index contributed by atoms with van der Waals surface area (Å²) in [7, 11) is 0. The number of aromatic carboxylic acids is 1. The minimum Gasteiger partial charge on any atom is -0.478 e. The molecule has 4 aromatic rings. The van der Waals surface area contributed by atoms with Gasteiger partial charge in [-0.15, -0.1) is 0 Å². The van der Waals surface area contributed by atoms with Crippen molar-refractivity contribution in [2.75, 3.05) is 0 Å². The quantitative estimate of drug-likeness (QED) is 0.516. The minimum atomic E-state index is -1.02. The van der Waals surface area contributed by atoms with Gasteiger partial charge in [0.05, 0.1) is 22.6 Å². The van der Waals surface area contributed by atoms with Crippen LogP contribution in [-0.2, 0) is 6.42 Å². The van der Waals surface area contributed by atoms with Gasteiger partial charge in [0.2, 0.25) is 5.65 Å². The van der Waals surface area contributed by atoms with Crippen LogP contribution in [0.5, 0.6) is 0 Å². The summed E-state index contributed by atoms with van der Waals surface area (Å²) in [5.74, 6) is -1.02. The molecular weight excluding hydrogens is 330 g/mol. The smallest absolute Gasteiger partial charge is 0.336 e. The molecule has 2 aromatic carbocycles. The fourth-order valence-corrected chi connectivity index (χ4v) is 3.63. The van der Waals surface area contributed by atoms with E-state index in [1.165, 1.54) is 6.07 Å². The van der Waals surface area contributed by atoms with Crippen LogP contribution >= 0.6 is 0 Å². The van der Waals surface area contributed by atoms with E-state index in [0.717, 1.165) is 22.5 Å². The largest absolute Gasteiger partial charge is 0.478 e. The molecule has 2 N–H and O–H groups in total. The van der Waals surface area contributed by atoms with Crippen molar-refractivity contribution in [3.63, 3.8) is 0 Å². The monoisotopic (exact) mass is 343 g/mol. The zero-order valence-corrected chi connectivity index (χ0v) is 13.6. The van der Waals surface area contributed by atoms with Crippen LogP contribution in [0.15, 0.2) is 59.5 Å². The molecule has 0 unspecified atom stereocenters. The van der Waals surface area contributed by atoms with Gasteiger partial charge in [0, 0.05) is 23.7 Å². The lowest BCUT2D eigenvalue weighted by Gasteiger charge is -2.03. The number of H-pyrrole nitrogens is 1. The van der Waals surface area contributed by atoms with Crippen molar-refractivity contribution >= 4 is 11.6 Å². The zero-order valence-electron chi connectivity index (χ0n) is 13.6. The molecule has 2 aromatic heterocycles. The van der Waals surface area contributed by atoms with Crippen LogP contribution < -0.4 is 5.56 Å². The number of carbonyl (C=O) groups is 1. The van der Waals surface area contributed by atoms with Crippen molar-refractivity contribution in [3.05, 3.63) is 81.9 Å². The summed E-state index contributed by atoms with van der Waals surface area (Å²) < 4.78 is 1.78. The molecule has 1 aliphatic carbocycles. The Labute approximate surface area is 147 Å². The predicted molar refractivity (Wildman–Crippen MR) is 96.5 cm³/mol. The van der Waals surface area contributed by atoms with Crippen molar-refractivity contribution in [2.45, 2.75) is 6.42 Å².